The van der Waals surface area contributed by atoms with Gasteiger partial charge in [-0.25, -0.2) is 4.98 Å². The zero-order valence-electron chi connectivity index (χ0n) is 15.4. The Morgan fingerprint density at radius 3 is 2.88 bits per heavy atom. The molecule has 3 aromatic heterocycles. The molecule has 0 amide bonds. The number of hydrogen-bond donors (Lipinski definition) is 2. The van der Waals surface area contributed by atoms with Crippen LogP contribution in [0, 0.1) is 5.41 Å². The number of benzene rings is 1. The molecule has 0 unspecified atom stereocenters. The topological polar surface area (TPSA) is 72.5 Å². The monoisotopic (exact) mass is 345 g/mol. The number of nitrogens with zero attached hydrogens (tertiary/aromatic N) is 3. The van der Waals surface area contributed by atoms with Crippen molar-refractivity contribution >= 4 is 27.8 Å². The van der Waals surface area contributed by atoms with Gasteiger partial charge in [0.05, 0.1) is 11.1 Å². The predicted molar refractivity (Wildman–Crippen MR) is 106 cm³/mol. The predicted octanol–water partition coefficient (Wildman–Crippen LogP) is 4.21. The van der Waals surface area contributed by atoms with Crippen LogP contribution < -0.4 is 5.73 Å². The van der Waals surface area contributed by atoms with Gasteiger partial charge in [-0.3, -0.25) is 5.10 Å². The number of fused-ring (bicyclic) bond motifs is 4. The van der Waals surface area contributed by atoms with Gasteiger partial charge >= 0.3 is 0 Å². The van der Waals surface area contributed by atoms with Gasteiger partial charge in [-0.2, -0.15) is 5.10 Å². The second-order valence-corrected chi connectivity index (χ2v) is 8.29. The Bertz CT molecular complexity index is 1160. The maximum atomic E-state index is 6.20. The van der Waals surface area contributed by atoms with Gasteiger partial charge < -0.3 is 10.3 Å². The van der Waals surface area contributed by atoms with Crippen LogP contribution in [0.3, 0.4) is 0 Å². The molecule has 0 radical (unpaired) electrons. The number of hydrogen-bond acceptors (Lipinski definition) is 3. The summed E-state index contributed by atoms with van der Waals surface area (Å²) >= 11 is 0. The molecule has 0 saturated carbocycles. The van der Waals surface area contributed by atoms with Gasteiger partial charge in [-0.15, -0.1) is 0 Å². The average molecular weight is 345 g/mol. The number of aromatic nitrogens is 4. The first-order chi connectivity index (χ1) is 12.4. The summed E-state index contributed by atoms with van der Waals surface area (Å²) in [7, 11) is 2.08. The third-order valence-corrected chi connectivity index (χ3v) is 5.81. The molecule has 1 aromatic carbocycles. The van der Waals surface area contributed by atoms with Gasteiger partial charge in [0, 0.05) is 24.3 Å². The third-order valence-electron chi connectivity index (χ3n) is 5.81. The van der Waals surface area contributed by atoms with E-state index >= 15 is 0 Å². The molecule has 132 valence electrons. The molecule has 0 fully saturated rings. The lowest BCUT2D eigenvalue weighted by Crippen LogP contribution is -2.23. The van der Waals surface area contributed by atoms with Crippen molar-refractivity contribution in [3.63, 3.8) is 0 Å². The smallest absolute Gasteiger partial charge is 0.183 e. The Labute approximate surface area is 152 Å². The molecular formula is C21H23N5. The molecule has 3 heterocycles. The summed E-state index contributed by atoms with van der Waals surface area (Å²) in [6, 6.07) is 8.73. The van der Waals surface area contributed by atoms with Crippen molar-refractivity contribution in [1.29, 1.82) is 0 Å². The first-order valence-electron chi connectivity index (χ1n) is 9.14. The lowest BCUT2D eigenvalue weighted by Gasteiger charge is -2.32. The number of nitrogens with one attached hydrogen (secondary N) is 1. The van der Waals surface area contributed by atoms with E-state index < -0.39 is 0 Å². The van der Waals surface area contributed by atoms with Crippen LogP contribution in [0.1, 0.15) is 31.4 Å². The van der Waals surface area contributed by atoms with Gasteiger partial charge in [-0.1, -0.05) is 26.0 Å². The summed E-state index contributed by atoms with van der Waals surface area (Å²) in [5.41, 5.74) is 13.3. The highest BCUT2D eigenvalue weighted by atomic mass is 15.2. The van der Waals surface area contributed by atoms with Crippen LogP contribution >= 0.6 is 0 Å². The van der Waals surface area contributed by atoms with E-state index in [1.807, 2.05) is 0 Å². The highest BCUT2D eigenvalue weighted by molar-refractivity contribution is 5.94. The van der Waals surface area contributed by atoms with E-state index in [4.69, 9.17) is 10.7 Å². The summed E-state index contributed by atoms with van der Waals surface area (Å²) < 4.78 is 2.15. The molecule has 0 atom stereocenters. The van der Waals surface area contributed by atoms with Gasteiger partial charge in [-0.05, 0) is 53.3 Å². The van der Waals surface area contributed by atoms with Crippen LogP contribution in [0.15, 0.2) is 30.5 Å². The summed E-state index contributed by atoms with van der Waals surface area (Å²) in [6.07, 6.45) is 5.28. The van der Waals surface area contributed by atoms with Crippen molar-refractivity contribution in [2.24, 2.45) is 12.5 Å². The normalized spacial score (nSPS) is 16.3. The van der Waals surface area contributed by atoms with Crippen LogP contribution in [0.4, 0.5) is 5.82 Å². The standard InChI is InChI=1S/C21H23N5/c1-21(2)8-6-14-15(11-21)17-19(22)24-25-20(17)23-18(14)13-5-4-12-7-9-26(3)16(12)10-13/h4-5,7,9-10H,6,8,11H2,1-3H3,(H3,22,23,24,25). The number of pyridine rings is 1. The SMILES string of the molecule is Cn1ccc2ccc(-c3nc4n[nH]c(N)c4c4c3CCC(C)(C)C4)cc21. The van der Waals surface area contributed by atoms with Crippen molar-refractivity contribution in [2.45, 2.75) is 33.1 Å². The van der Waals surface area contributed by atoms with E-state index in [2.05, 4.69) is 66.1 Å². The summed E-state index contributed by atoms with van der Waals surface area (Å²) in [5.74, 6) is 0.630. The molecule has 0 bridgehead atoms. The molecule has 4 aromatic rings. The first-order valence-corrected chi connectivity index (χ1v) is 9.14. The molecule has 0 spiro atoms. The fourth-order valence-electron chi connectivity index (χ4n) is 4.33. The second kappa shape index (κ2) is 5.10. The Morgan fingerprint density at radius 1 is 1.19 bits per heavy atom. The number of rotatable bonds is 1. The molecule has 0 aliphatic heterocycles. The lowest BCUT2D eigenvalue weighted by molar-refractivity contribution is 0.317. The molecule has 3 N–H and O–H groups in total. The Balaban J connectivity index is 1.81. The van der Waals surface area contributed by atoms with Crippen LogP contribution in [-0.2, 0) is 19.9 Å². The third kappa shape index (κ3) is 2.16. The van der Waals surface area contributed by atoms with E-state index in [0.717, 1.165) is 41.6 Å². The maximum Gasteiger partial charge on any atom is 0.183 e. The molecule has 26 heavy (non-hydrogen) atoms. The minimum Gasteiger partial charge on any atom is -0.384 e. The first kappa shape index (κ1) is 15.4. The van der Waals surface area contributed by atoms with Crippen LogP contribution in [0.25, 0.3) is 33.2 Å². The quantitative estimate of drug-likeness (QED) is 0.543. The van der Waals surface area contributed by atoms with Crippen LogP contribution in [-0.4, -0.2) is 19.7 Å². The Hall–Kier alpha value is -2.82. The van der Waals surface area contributed by atoms with Crippen LogP contribution in [0.5, 0.6) is 0 Å². The average Bonchev–Trinajstić information content (AvgIpc) is 3.16. The number of H-pyrrole nitrogens is 1. The highest BCUT2D eigenvalue weighted by Gasteiger charge is 2.30. The van der Waals surface area contributed by atoms with E-state index in [1.54, 1.807) is 0 Å². The van der Waals surface area contributed by atoms with Crippen molar-refractivity contribution in [2.75, 3.05) is 5.73 Å². The van der Waals surface area contributed by atoms with Gasteiger partial charge in [0.1, 0.15) is 5.82 Å². The summed E-state index contributed by atoms with van der Waals surface area (Å²) in [6.45, 7) is 4.66. The lowest BCUT2D eigenvalue weighted by atomic mass is 9.73. The Morgan fingerprint density at radius 2 is 2.04 bits per heavy atom. The summed E-state index contributed by atoms with van der Waals surface area (Å²) in [4.78, 5) is 4.92. The van der Waals surface area contributed by atoms with Crippen molar-refractivity contribution in [3.8, 4) is 11.3 Å². The molecule has 0 saturated heterocycles. The maximum absolute atomic E-state index is 6.20. The summed E-state index contributed by atoms with van der Waals surface area (Å²) in [5, 5.41) is 9.55. The fraction of sp³-hybridized carbons (Fsp3) is 0.333. The number of nitrogens with two attached hydrogens (primary N) is 1. The molecular weight excluding hydrogens is 322 g/mol. The van der Waals surface area contributed by atoms with Gasteiger partial charge in [0.2, 0.25) is 0 Å². The zero-order valence-corrected chi connectivity index (χ0v) is 15.4. The van der Waals surface area contributed by atoms with Crippen molar-refractivity contribution in [3.05, 3.63) is 41.6 Å². The molecule has 5 heteroatoms. The van der Waals surface area contributed by atoms with E-state index in [-0.39, 0.29) is 5.41 Å². The largest absolute Gasteiger partial charge is 0.384 e. The number of aryl methyl sites for hydroxylation is 1. The van der Waals surface area contributed by atoms with Crippen molar-refractivity contribution in [1.82, 2.24) is 19.7 Å². The van der Waals surface area contributed by atoms with Gasteiger partial charge in [0.25, 0.3) is 0 Å². The van der Waals surface area contributed by atoms with E-state index in [0.29, 0.717) is 5.82 Å². The Kier molecular flexibility index (Phi) is 3.03. The molecule has 5 nitrogen and oxygen atoms in total. The number of nitrogen functional groups attached to an aromatic ring is 1. The van der Waals surface area contributed by atoms with Crippen molar-refractivity contribution < 1.29 is 0 Å². The van der Waals surface area contributed by atoms with Crippen LogP contribution in [0.2, 0.25) is 0 Å². The highest BCUT2D eigenvalue weighted by Crippen LogP contribution is 2.42. The van der Waals surface area contributed by atoms with E-state index in [9.17, 15) is 0 Å². The fourth-order valence-corrected chi connectivity index (χ4v) is 4.33. The second-order valence-electron chi connectivity index (χ2n) is 8.29. The molecule has 1 aliphatic carbocycles. The van der Waals surface area contributed by atoms with E-state index in [1.165, 1.54) is 22.0 Å². The number of aromatic amines is 1. The molecule has 5 rings (SSSR count). The number of anilines is 1. The minimum atomic E-state index is 0.268. The minimum absolute atomic E-state index is 0.268. The van der Waals surface area contributed by atoms with Gasteiger partial charge in [0.15, 0.2) is 5.65 Å². The molecule has 1 aliphatic rings. The zero-order chi connectivity index (χ0) is 18.1.